The van der Waals surface area contributed by atoms with Gasteiger partial charge in [-0.25, -0.2) is 4.98 Å². The molecule has 0 amide bonds. The molecular weight excluding hydrogens is 388 g/mol. The average Bonchev–Trinajstić information content (AvgIpc) is 3.08. The second-order valence-electron chi connectivity index (χ2n) is 8.49. The number of anilines is 3. The average molecular weight is 415 g/mol. The first-order chi connectivity index (χ1) is 15.3. The lowest BCUT2D eigenvalue weighted by Crippen LogP contribution is -2.52. The van der Waals surface area contributed by atoms with Gasteiger partial charge in [-0.3, -0.25) is 4.98 Å². The molecule has 158 valence electrons. The van der Waals surface area contributed by atoms with Crippen LogP contribution in [0.5, 0.6) is 0 Å². The van der Waals surface area contributed by atoms with Crippen molar-refractivity contribution in [3.05, 3.63) is 60.0 Å². The molecule has 2 N–H and O–H groups in total. The Morgan fingerprint density at radius 3 is 2.45 bits per heavy atom. The van der Waals surface area contributed by atoms with Gasteiger partial charge in [0, 0.05) is 55.2 Å². The lowest BCUT2D eigenvalue weighted by molar-refractivity contribution is 0.109. The van der Waals surface area contributed by atoms with E-state index >= 15 is 0 Å². The Kier molecular flexibility index (Phi) is 4.77. The van der Waals surface area contributed by atoms with Crippen molar-refractivity contribution in [2.75, 3.05) is 29.9 Å². The van der Waals surface area contributed by atoms with Crippen molar-refractivity contribution in [1.29, 1.82) is 0 Å². The molecule has 1 aromatic carbocycles. The van der Waals surface area contributed by atoms with Crippen molar-refractivity contribution in [3.8, 4) is 11.1 Å². The number of pyridine rings is 1. The Morgan fingerprint density at radius 1 is 0.935 bits per heavy atom. The lowest BCUT2D eigenvalue weighted by Gasteiger charge is -2.36. The van der Waals surface area contributed by atoms with Crippen molar-refractivity contribution in [2.45, 2.75) is 38.0 Å². The van der Waals surface area contributed by atoms with Gasteiger partial charge in [-0.2, -0.15) is 4.98 Å². The van der Waals surface area contributed by atoms with Crippen LogP contribution in [0.1, 0.15) is 24.1 Å². The van der Waals surface area contributed by atoms with Crippen LogP contribution in [0.3, 0.4) is 0 Å². The topological polar surface area (TPSA) is 75.2 Å². The number of ether oxygens (including phenoxy) is 1. The van der Waals surface area contributed by atoms with Crippen LogP contribution < -0.4 is 15.5 Å². The van der Waals surface area contributed by atoms with Gasteiger partial charge in [0.25, 0.3) is 0 Å². The Labute approximate surface area is 181 Å². The molecule has 31 heavy (non-hydrogen) atoms. The monoisotopic (exact) mass is 414 g/mol. The molecule has 2 bridgehead atoms. The van der Waals surface area contributed by atoms with E-state index in [1.807, 2.05) is 24.5 Å². The molecule has 2 unspecified atom stereocenters. The normalized spacial score (nSPS) is 22.3. The molecule has 7 heteroatoms. The Bertz CT molecular complexity index is 1060. The quantitative estimate of drug-likeness (QED) is 0.678. The van der Waals surface area contributed by atoms with Crippen LogP contribution in [0.2, 0.25) is 0 Å². The fourth-order valence-electron chi connectivity index (χ4n) is 4.97. The molecule has 2 fully saturated rings. The van der Waals surface area contributed by atoms with Crippen LogP contribution >= 0.6 is 0 Å². The van der Waals surface area contributed by atoms with Crippen LogP contribution in [0.15, 0.2) is 48.8 Å². The van der Waals surface area contributed by atoms with Crippen LogP contribution in [-0.4, -0.2) is 46.7 Å². The Balaban J connectivity index is 1.32. The molecule has 6 rings (SSSR count). The second kappa shape index (κ2) is 7.90. The highest BCUT2D eigenvalue weighted by molar-refractivity contribution is 5.68. The zero-order valence-corrected chi connectivity index (χ0v) is 17.4. The first-order valence-electron chi connectivity index (χ1n) is 11.1. The second-order valence-corrected chi connectivity index (χ2v) is 8.49. The fraction of sp³-hybridized carbons (Fsp3) is 0.375. The molecule has 0 spiro atoms. The molecule has 0 saturated carbocycles. The number of fused-ring (bicyclic) bond motifs is 3. The molecule has 3 aliphatic heterocycles. The molecule has 2 atom stereocenters. The van der Waals surface area contributed by atoms with Gasteiger partial charge in [0.15, 0.2) is 0 Å². The number of rotatable bonds is 4. The van der Waals surface area contributed by atoms with Crippen molar-refractivity contribution >= 4 is 17.5 Å². The largest absolute Gasteiger partial charge is 0.376 e. The summed E-state index contributed by atoms with van der Waals surface area (Å²) in [6, 6.07) is 13.5. The summed E-state index contributed by atoms with van der Waals surface area (Å²) in [4.78, 5) is 16.6. The molecule has 3 aliphatic rings. The molecule has 5 heterocycles. The first kappa shape index (κ1) is 18.7. The van der Waals surface area contributed by atoms with Gasteiger partial charge in [0.1, 0.15) is 5.82 Å². The van der Waals surface area contributed by atoms with Crippen molar-refractivity contribution in [1.82, 2.24) is 20.3 Å². The van der Waals surface area contributed by atoms with Gasteiger partial charge in [-0.15, -0.1) is 0 Å². The molecule has 2 saturated heterocycles. The van der Waals surface area contributed by atoms with Crippen LogP contribution in [0.4, 0.5) is 17.5 Å². The minimum absolute atomic E-state index is 0.490. The highest BCUT2D eigenvalue weighted by Crippen LogP contribution is 2.34. The maximum Gasteiger partial charge on any atom is 0.228 e. The predicted octanol–water partition coefficient (Wildman–Crippen LogP) is 3.30. The number of aromatic nitrogens is 3. The zero-order valence-electron chi connectivity index (χ0n) is 17.4. The maximum absolute atomic E-state index is 5.74. The molecule has 3 aromatic rings. The molecule has 0 radical (unpaired) electrons. The van der Waals surface area contributed by atoms with Crippen molar-refractivity contribution in [3.63, 3.8) is 0 Å². The SMILES string of the molecule is c1cc(-c2ccc(Nc3nc(N4C5CCC4CNC5)nc4c3COCC4)cc2)ccn1. The summed E-state index contributed by atoms with van der Waals surface area (Å²) < 4.78 is 5.74. The van der Waals surface area contributed by atoms with Crippen molar-refractivity contribution < 1.29 is 4.74 Å². The van der Waals surface area contributed by atoms with Gasteiger partial charge in [0.2, 0.25) is 5.95 Å². The fourth-order valence-corrected chi connectivity index (χ4v) is 4.97. The molecule has 7 nitrogen and oxygen atoms in total. The molecule has 2 aromatic heterocycles. The standard InChI is InChI=1S/C24H26N6O/c1-3-18(4-2-16(1)17-7-10-25-11-8-17)27-23-21-15-31-12-9-22(21)28-24(29-23)30-19-5-6-20(30)14-26-13-19/h1-4,7-8,10-11,19-20,26H,5-6,9,12-15H2,(H,27,28,29). The van der Waals surface area contributed by atoms with E-state index in [2.05, 4.69) is 44.8 Å². The number of nitrogens with zero attached hydrogens (tertiary/aromatic N) is 4. The van der Waals surface area contributed by atoms with Gasteiger partial charge in [0.05, 0.1) is 18.9 Å². The van der Waals surface area contributed by atoms with Gasteiger partial charge >= 0.3 is 0 Å². The third kappa shape index (κ3) is 3.54. The number of piperazine rings is 1. The highest BCUT2D eigenvalue weighted by atomic mass is 16.5. The Morgan fingerprint density at radius 2 is 1.68 bits per heavy atom. The van der Waals surface area contributed by atoms with E-state index < -0.39 is 0 Å². The van der Waals surface area contributed by atoms with Gasteiger partial charge < -0.3 is 20.3 Å². The Hall–Kier alpha value is -3.03. The maximum atomic E-state index is 5.74. The van der Waals surface area contributed by atoms with E-state index in [9.17, 15) is 0 Å². The third-order valence-corrected chi connectivity index (χ3v) is 6.58. The number of benzene rings is 1. The minimum atomic E-state index is 0.490. The summed E-state index contributed by atoms with van der Waals surface area (Å²) >= 11 is 0. The van der Waals surface area contributed by atoms with Crippen molar-refractivity contribution in [2.24, 2.45) is 0 Å². The third-order valence-electron chi connectivity index (χ3n) is 6.58. The van der Waals surface area contributed by atoms with Gasteiger partial charge in [-0.1, -0.05) is 12.1 Å². The van der Waals surface area contributed by atoms with Crippen LogP contribution in [-0.2, 0) is 17.8 Å². The van der Waals surface area contributed by atoms with Gasteiger partial charge in [-0.05, 0) is 48.2 Å². The number of nitrogens with one attached hydrogen (secondary N) is 2. The summed E-state index contributed by atoms with van der Waals surface area (Å²) in [6.07, 6.45) is 6.89. The zero-order chi connectivity index (χ0) is 20.6. The number of hydrogen-bond donors (Lipinski definition) is 2. The van der Waals surface area contributed by atoms with E-state index in [0.717, 1.165) is 60.4 Å². The predicted molar refractivity (Wildman–Crippen MR) is 121 cm³/mol. The molecular formula is C24H26N6O. The van der Waals surface area contributed by atoms with E-state index in [4.69, 9.17) is 14.7 Å². The van der Waals surface area contributed by atoms with E-state index in [1.165, 1.54) is 18.4 Å². The smallest absolute Gasteiger partial charge is 0.228 e. The summed E-state index contributed by atoms with van der Waals surface area (Å²) in [5.41, 5.74) is 5.53. The molecule has 0 aliphatic carbocycles. The summed E-state index contributed by atoms with van der Waals surface area (Å²) in [5.74, 6) is 1.74. The van der Waals surface area contributed by atoms with E-state index in [0.29, 0.717) is 18.7 Å². The summed E-state index contributed by atoms with van der Waals surface area (Å²) in [5, 5.41) is 7.10. The minimum Gasteiger partial charge on any atom is -0.376 e. The van der Waals surface area contributed by atoms with E-state index in [-0.39, 0.29) is 0 Å². The highest BCUT2D eigenvalue weighted by Gasteiger charge is 2.38. The number of hydrogen-bond acceptors (Lipinski definition) is 7. The summed E-state index contributed by atoms with van der Waals surface area (Å²) in [7, 11) is 0. The van der Waals surface area contributed by atoms with Crippen LogP contribution in [0, 0.1) is 0 Å². The summed E-state index contributed by atoms with van der Waals surface area (Å²) in [6.45, 7) is 3.30. The first-order valence-corrected chi connectivity index (χ1v) is 11.1. The van der Waals surface area contributed by atoms with E-state index in [1.54, 1.807) is 0 Å². The van der Waals surface area contributed by atoms with Crippen LogP contribution in [0.25, 0.3) is 11.1 Å². The lowest BCUT2D eigenvalue weighted by atomic mass is 10.1.